The monoisotopic (exact) mass is 1030 g/mol. The molecule has 0 saturated heterocycles. The summed E-state index contributed by atoms with van der Waals surface area (Å²) in [6.07, 6.45) is 0. The van der Waals surface area contributed by atoms with Gasteiger partial charge in [0.1, 0.15) is 0 Å². The third kappa shape index (κ3) is 10.6. The molecule has 9 rings (SSSR count). The van der Waals surface area contributed by atoms with Crippen molar-refractivity contribution in [3.8, 4) is 0 Å². The second-order valence-corrected chi connectivity index (χ2v) is 28.2. The van der Waals surface area contributed by atoms with Gasteiger partial charge in [0.2, 0.25) is 30.0 Å². The van der Waals surface area contributed by atoms with E-state index in [9.17, 15) is 0 Å². The Hall–Kier alpha value is -6.28. The summed E-state index contributed by atoms with van der Waals surface area (Å²) in [6, 6.07) is 65.6. The molecule has 12 nitrogen and oxygen atoms in total. The number of aryl methyl sites for hydroxylation is 8. The highest BCUT2D eigenvalue weighted by molar-refractivity contribution is 7.87. The van der Waals surface area contributed by atoms with E-state index in [1.807, 2.05) is 116 Å². The lowest BCUT2D eigenvalue weighted by Gasteiger charge is -2.44. The fourth-order valence-electron chi connectivity index (χ4n) is 9.20. The molecule has 368 valence electrons. The molecule has 0 saturated carbocycles. The molecule has 0 radical (unpaired) electrons. The van der Waals surface area contributed by atoms with E-state index in [1.54, 1.807) is 0 Å². The van der Waals surface area contributed by atoms with Crippen LogP contribution in [0.15, 0.2) is 212 Å². The number of hydrogen-bond donors (Lipinski definition) is 4. The van der Waals surface area contributed by atoms with Crippen molar-refractivity contribution >= 4 is 75.5 Å². The fraction of sp³-hybridized carbons (Fsp3) is 0.143. The minimum atomic E-state index is -4.05. The Kier molecular flexibility index (Phi) is 14.3. The topological polar surface area (TPSA) is 166 Å². The molecule has 72 heavy (non-hydrogen) atoms. The van der Waals surface area contributed by atoms with Crippen LogP contribution in [-0.4, -0.2) is 0 Å². The van der Waals surface area contributed by atoms with Crippen LogP contribution in [0.1, 0.15) is 44.5 Å². The van der Waals surface area contributed by atoms with Crippen molar-refractivity contribution in [1.82, 2.24) is 0 Å². The van der Waals surface area contributed by atoms with Gasteiger partial charge in [-0.3, -0.25) is 40.7 Å². The number of anilines is 8. The standard InChI is InChI=1S/C56H64N12P4/c1-41-17-9-25-49(33-41)65(50-26-10-18-42(2)34-50)69(57)61-70(58,66(51-27-11-19-43(3)35-51)52-28-12-20-44(4)36-52)63-72(60,68(55-31-15-23-47(7)39-55)56-32-16-24-48(8)40-56)64-71(59,62-69)67(53-29-13-21-45(5)37-53)54-30-14-22-46(6)38-54/h9-40H,57-60H2,1-8H3. The third-order valence-electron chi connectivity index (χ3n) is 12.2. The Bertz CT molecular complexity index is 2920. The van der Waals surface area contributed by atoms with Crippen LogP contribution in [-0.2, 0) is 0 Å². The SMILES string of the molecule is Cc1cccc(N(c2cccc(C)c2)P2(N)=NP(N)(N(c3cccc(C)c3)c3cccc(C)c3)=NP(N)(N(c3cccc(C)c3)c3cccc(C)c3)=NP(N)(N(c3cccc(C)c3)c3cccc(C)c3)=N2)c1. The Balaban J connectivity index is 1.56. The quantitative estimate of drug-likeness (QED) is 0.0878. The summed E-state index contributed by atoms with van der Waals surface area (Å²) in [6.45, 7) is 16.5. The average Bonchev–Trinajstić information content (AvgIpc) is 3.29. The molecule has 0 fully saturated rings. The molecule has 0 amide bonds. The second kappa shape index (κ2) is 20.3. The summed E-state index contributed by atoms with van der Waals surface area (Å²) in [5, 5.41) is 0. The average molecular weight is 1030 g/mol. The van der Waals surface area contributed by atoms with Crippen LogP contribution < -0.4 is 40.7 Å². The number of hydrogen-bond acceptors (Lipinski definition) is 12. The minimum absolute atomic E-state index is 0.757. The van der Waals surface area contributed by atoms with E-state index in [0.717, 1.165) is 90.0 Å². The van der Waals surface area contributed by atoms with Gasteiger partial charge in [0.25, 0.3) is 0 Å². The number of rotatable bonds is 12. The van der Waals surface area contributed by atoms with E-state index in [2.05, 4.69) is 152 Å². The number of nitrogens with two attached hydrogens (primary N) is 4. The Morgan fingerprint density at radius 3 is 0.472 bits per heavy atom. The first-order chi connectivity index (χ1) is 34.3. The summed E-state index contributed by atoms with van der Waals surface area (Å²) in [4.78, 5) is 0. The maximum absolute atomic E-state index is 8.41. The molecule has 0 aromatic heterocycles. The Morgan fingerprint density at radius 2 is 0.361 bits per heavy atom. The lowest BCUT2D eigenvalue weighted by molar-refractivity contribution is 1.28. The van der Waals surface area contributed by atoms with Crippen molar-refractivity contribution < 1.29 is 0 Å². The zero-order valence-corrected chi connectivity index (χ0v) is 45.7. The first-order valence-electron chi connectivity index (χ1n) is 23.8. The zero-order valence-electron chi connectivity index (χ0n) is 42.2. The predicted molar refractivity (Wildman–Crippen MR) is 312 cm³/mol. The first kappa shape index (κ1) is 50.7. The summed E-state index contributed by atoms with van der Waals surface area (Å²) >= 11 is 0. The zero-order chi connectivity index (χ0) is 51.0. The third-order valence-corrected chi connectivity index (χ3v) is 24.8. The Labute approximate surface area is 426 Å². The van der Waals surface area contributed by atoms with E-state index in [4.69, 9.17) is 40.1 Å². The lowest BCUT2D eigenvalue weighted by atomic mass is 10.2. The molecule has 8 N–H and O–H groups in total. The molecular weight excluding hydrogens is 965 g/mol. The van der Waals surface area contributed by atoms with Gasteiger partial charge >= 0.3 is 0 Å². The molecule has 8 aromatic rings. The predicted octanol–water partition coefficient (Wildman–Crippen LogP) is 17.4. The van der Waals surface area contributed by atoms with Crippen molar-refractivity contribution in [2.45, 2.75) is 55.4 Å². The maximum Gasteiger partial charge on any atom is 0.246 e. The van der Waals surface area contributed by atoms with Crippen LogP contribution >= 0.6 is 30.0 Å². The molecule has 0 aliphatic carbocycles. The molecule has 1 heterocycles. The summed E-state index contributed by atoms with van der Waals surface area (Å²) in [7, 11) is -16.2. The molecule has 0 spiro atoms. The van der Waals surface area contributed by atoms with Gasteiger partial charge in [0.05, 0.1) is 0 Å². The van der Waals surface area contributed by atoms with Crippen LogP contribution in [0.2, 0.25) is 0 Å². The van der Waals surface area contributed by atoms with E-state index < -0.39 is 30.0 Å². The van der Waals surface area contributed by atoms with Crippen molar-refractivity contribution in [1.29, 1.82) is 0 Å². The molecule has 1 aliphatic heterocycles. The highest BCUT2D eigenvalue weighted by Gasteiger charge is 2.44. The maximum atomic E-state index is 8.41. The van der Waals surface area contributed by atoms with Crippen LogP contribution in [0.25, 0.3) is 0 Å². The van der Waals surface area contributed by atoms with E-state index in [-0.39, 0.29) is 0 Å². The molecular formula is C56H64N12P4. The van der Waals surface area contributed by atoms with Crippen LogP contribution in [0.4, 0.5) is 45.5 Å². The minimum Gasteiger partial charge on any atom is -0.278 e. The van der Waals surface area contributed by atoms with Crippen LogP contribution in [0.5, 0.6) is 0 Å². The van der Waals surface area contributed by atoms with Crippen LogP contribution in [0.3, 0.4) is 0 Å². The van der Waals surface area contributed by atoms with Crippen molar-refractivity contribution in [2.75, 3.05) is 18.7 Å². The molecule has 0 unspecified atom stereocenters. The normalized spacial score (nSPS) is 20.6. The van der Waals surface area contributed by atoms with Gasteiger partial charge < -0.3 is 0 Å². The summed E-state index contributed by atoms with van der Waals surface area (Å²) in [5.74, 6) is 0. The van der Waals surface area contributed by atoms with E-state index in [0.29, 0.717) is 0 Å². The van der Waals surface area contributed by atoms with Crippen molar-refractivity contribution in [2.24, 2.45) is 40.1 Å². The molecule has 16 heteroatoms. The largest absolute Gasteiger partial charge is 0.278 e. The number of nitrogens with zero attached hydrogens (tertiary/aromatic N) is 8. The highest BCUT2D eigenvalue weighted by Crippen LogP contribution is 2.78. The fourth-order valence-corrected chi connectivity index (χ4v) is 23.5. The van der Waals surface area contributed by atoms with Gasteiger partial charge in [0, 0.05) is 45.5 Å². The van der Waals surface area contributed by atoms with Gasteiger partial charge in [-0.15, -0.1) is 0 Å². The summed E-state index contributed by atoms with van der Waals surface area (Å²) < 4.78 is 32.2. The van der Waals surface area contributed by atoms with Gasteiger partial charge in [-0.25, -0.2) is 0 Å². The van der Waals surface area contributed by atoms with Crippen molar-refractivity contribution in [3.63, 3.8) is 0 Å². The lowest BCUT2D eigenvalue weighted by Crippen LogP contribution is -2.27. The Morgan fingerprint density at radius 1 is 0.236 bits per heavy atom. The smallest absolute Gasteiger partial charge is 0.246 e. The van der Waals surface area contributed by atoms with E-state index >= 15 is 0 Å². The second-order valence-electron chi connectivity index (χ2n) is 18.8. The molecule has 0 atom stereocenters. The summed E-state index contributed by atoms with van der Waals surface area (Å²) in [5.41, 5.74) is 47.8. The van der Waals surface area contributed by atoms with Gasteiger partial charge in [-0.2, -0.15) is 18.1 Å². The van der Waals surface area contributed by atoms with E-state index in [1.165, 1.54) is 0 Å². The first-order valence-corrected chi connectivity index (χ1v) is 30.7. The van der Waals surface area contributed by atoms with Crippen molar-refractivity contribution in [3.05, 3.63) is 239 Å². The van der Waals surface area contributed by atoms with Crippen LogP contribution in [0, 0.1) is 55.4 Å². The van der Waals surface area contributed by atoms with Gasteiger partial charge in [0.15, 0.2) is 0 Å². The molecule has 1 aliphatic rings. The van der Waals surface area contributed by atoms with Gasteiger partial charge in [-0.1, -0.05) is 97.1 Å². The molecule has 8 aromatic carbocycles. The highest BCUT2D eigenvalue weighted by atomic mass is 31.3. The molecule has 0 bridgehead atoms. The van der Waals surface area contributed by atoms with Gasteiger partial charge in [-0.05, 0) is 197 Å². The number of benzene rings is 8.